The molecule has 2 aliphatic carbocycles. The zero-order chi connectivity index (χ0) is 10.4. The Morgan fingerprint density at radius 1 is 1.36 bits per heavy atom. The highest BCUT2D eigenvalue weighted by molar-refractivity contribution is 5.94. The number of nitrogens with zero attached hydrogens (tertiary/aromatic N) is 1. The van der Waals surface area contributed by atoms with Crippen molar-refractivity contribution >= 4 is 5.71 Å². The first-order valence-corrected chi connectivity index (χ1v) is 6.06. The smallest absolute Gasteiger partial charge is 0.0386 e. The highest BCUT2D eigenvalue weighted by Gasteiger charge is 2.59. The summed E-state index contributed by atoms with van der Waals surface area (Å²) in [7, 11) is 0. The minimum absolute atomic E-state index is 0.423. The van der Waals surface area contributed by atoms with Gasteiger partial charge in [0.05, 0.1) is 0 Å². The van der Waals surface area contributed by atoms with Crippen LogP contribution < -0.4 is 0 Å². The maximum absolute atomic E-state index is 4.81. The molecule has 1 nitrogen and oxygen atoms in total. The molecule has 0 spiro atoms. The monoisotopic (exact) mass is 193 g/mol. The Labute approximate surface area is 88.0 Å². The maximum atomic E-state index is 4.81. The van der Waals surface area contributed by atoms with Crippen LogP contribution in [-0.4, -0.2) is 12.3 Å². The van der Waals surface area contributed by atoms with Gasteiger partial charge in [0.25, 0.3) is 0 Å². The van der Waals surface area contributed by atoms with E-state index in [1.165, 1.54) is 31.4 Å². The van der Waals surface area contributed by atoms with Gasteiger partial charge in [-0.25, -0.2) is 0 Å². The Hall–Kier alpha value is -0.330. The van der Waals surface area contributed by atoms with Crippen LogP contribution in [0.1, 0.15) is 53.4 Å². The second-order valence-corrected chi connectivity index (χ2v) is 5.82. The molecule has 0 aromatic rings. The largest absolute Gasteiger partial charge is 0.294 e. The third-order valence-corrected chi connectivity index (χ3v) is 5.04. The van der Waals surface area contributed by atoms with Crippen molar-refractivity contribution in [3.05, 3.63) is 0 Å². The van der Waals surface area contributed by atoms with Crippen molar-refractivity contribution in [2.75, 3.05) is 6.54 Å². The van der Waals surface area contributed by atoms with E-state index in [9.17, 15) is 0 Å². The number of rotatable bonds is 2. The highest BCUT2D eigenvalue weighted by Crippen LogP contribution is 2.63. The van der Waals surface area contributed by atoms with E-state index < -0.39 is 0 Å². The zero-order valence-corrected chi connectivity index (χ0v) is 10.1. The van der Waals surface area contributed by atoms with Crippen molar-refractivity contribution in [3.8, 4) is 0 Å². The van der Waals surface area contributed by atoms with Crippen molar-refractivity contribution in [2.45, 2.75) is 53.4 Å². The van der Waals surface area contributed by atoms with Crippen LogP contribution in [0.25, 0.3) is 0 Å². The van der Waals surface area contributed by atoms with Crippen molar-refractivity contribution in [1.29, 1.82) is 0 Å². The average Bonchev–Trinajstić information content (AvgIpc) is 2.46. The summed E-state index contributed by atoms with van der Waals surface area (Å²) in [6.45, 7) is 10.6. The lowest BCUT2D eigenvalue weighted by molar-refractivity contribution is 0.194. The summed E-state index contributed by atoms with van der Waals surface area (Å²) in [5.74, 6) is 0.906. The molecule has 0 aromatic carbocycles. The van der Waals surface area contributed by atoms with Gasteiger partial charge in [-0.15, -0.1) is 0 Å². The first-order chi connectivity index (χ1) is 6.52. The number of hydrogen-bond donors (Lipinski definition) is 0. The summed E-state index contributed by atoms with van der Waals surface area (Å²) < 4.78 is 0. The summed E-state index contributed by atoms with van der Waals surface area (Å²) in [6.07, 6.45) is 5.26. The molecule has 0 heterocycles. The van der Waals surface area contributed by atoms with Crippen molar-refractivity contribution in [1.82, 2.24) is 0 Å². The lowest BCUT2D eigenvalue weighted by Gasteiger charge is -2.34. The Balaban J connectivity index is 2.27. The molecule has 2 fully saturated rings. The van der Waals surface area contributed by atoms with Gasteiger partial charge >= 0.3 is 0 Å². The van der Waals surface area contributed by atoms with Gasteiger partial charge < -0.3 is 0 Å². The number of hydrogen-bond acceptors (Lipinski definition) is 1. The molecule has 0 N–H and O–H groups in total. The number of fused-ring (bicyclic) bond motifs is 2. The molecule has 0 saturated heterocycles. The molecule has 0 radical (unpaired) electrons. The summed E-state index contributed by atoms with van der Waals surface area (Å²) in [5.41, 5.74) is 2.45. The second kappa shape index (κ2) is 3.08. The van der Waals surface area contributed by atoms with E-state index in [0.29, 0.717) is 10.8 Å². The van der Waals surface area contributed by atoms with Crippen molar-refractivity contribution in [3.63, 3.8) is 0 Å². The van der Waals surface area contributed by atoms with Gasteiger partial charge in [-0.1, -0.05) is 27.7 Å². The fourth-order valence-electron chi connectivity index (χ4n) is 3.41. The molecule has 0 unspecified atom stereocenters. The topological polar surface area (TPSA) is 12.4 Å². The van der Waals surface area contributed by atoms with Crippen LogP contribution in [0.4, 0.5) is 0 Å². The molecule has 0 aromatic heterocycles. The van der Waals surface area contributed by atoms with Crippen LogP contribution in [0.5, 0.6) is 0 Å². The summed E-state index contributed by atoms with van der Waals surface area (Å²) >= 11 is 0. The van der Waals surface area contributed by atoms with Gasteiger partial charge in [0.15, 0.2) is 0 Å². The van der Waals surface area contributed by atoms with Crippen LogP contribution in [0, 0.1) is 16.7 Å². The van der Waals surface area contributed by atoms with Crippen molar-refractivity contribution < 1.29 is 0 Å². The average molecular weight is 193 g/mol. The Morgan fingerprint density at radius 3 is 2.50 bits per heavy atom. The maximum Gasteiger partial charge on any atom is 0.0386 e. The minimum atomic E-state index is 0.423. The van der Waals surface area contributed by atoms with Gasteiger partial charge in [-0.05, 0) is 37.0 Å². The van der Waals surface area contributed by atoms with Gasteiger partial charge in [-0.3, -0.25) is 4.99 Å². The third kappa shape index (κ3) is 1.11. The molecular formula is C13H23N. The van der Waals surface area contributed by atoms with Crippen LogP contribution in [-0.2, 0) is 0 Å². The van der Waals surface area contributed by atoms with E-state index in [1.807, 2.05) is 0 Å². The third-order valence-electron chi connectivity index (χ3n) is 5.04. The first-order valence-electron chi connectivity index (χ1n) is 6.06. The molecular weight excluding hydrogens is 170 g/mol. The second-order valence-electron chi connectivity index (χ2n) is 5.82. The molecule has 0 aliphatic heterocycles. The zero-order valence-electron chi connectivity index (χ0n) is 10.1. The Bertz CT molecular complexity index is 264. The molecule has 2 atom stereocenters. The molecule has 2 saturated carbocycles. The van der Waals surface area contributed by atoms with Crippen molar-refractivity contribution in [2.24, 2.45) is 21.7 Å². The molecule has 14 heavy (non-hydrogen) atoms. The van der Waals surface area contributed by atoms with Crippen LogP contribution in [0.3, 0.4) is 0 Å². The Kier molecular flexibility index (Phi) is 2.24. The van der Waals surface area contributed by atoms with Crippen LogP contribution in [0.15, 0.2) is 4.99 Å². The molecule has 2 aliphatic rings. The number of aliphatic imine (C=N–C) groups is 1. The predicted octanol–water partition coefficient (Wildman–Crippen LogP) is 3.68. The highest BCUT2D eigenvalue weighted by atomic mass is 14.8. The van der Waals surface area contributed by atoms with E-state index in [4.69, 9.17) is 4.99 Å². The summed E-state index contributed by atoms with van der Waals surface area (Å²) in [6, 6.07) is 0. The van der Waals surface area contributed by atoms with E-state index in [-0.39, 0.29) is 0 Å². The molecule has 1 heteroatoms. The standard InChI is InChI=1S/C13H23N/c1-5-8-14-11-9-10-6-7-13(11,4)12(10,2)3/h10H,5-9H2,1-4H3/t10-,13+/m1/s1. The summed E-state index contributed by atoms with van der Waals surface area (Å²) in [4.78, 5) is 4.81. The van der Waals surface area contributed by atoms with E-state index in [0.717, 1.165) is 12.5 Å². The summed E-state index contributed by atoms with van der Waals surface area (Å²) in [5, 5.41) is 0. The van der Waals surface area contributed by atoms with Gasteiger partial charge in [0.1, 0.15) is 0 Å². The lowest BCUT2D eigenvalue weighted by atomic mass is 9.70. The Morgan fingerprint density at radius 2 is 2.07 bits per heavy atom. The predicted molar refractivity (Wildman–Crippen MR) is 61.8 cm³/mol. The molecule has 2 bridgehead atoms. The lowest BCUT2D eigenvalue weighted by Crippen LogP contribution is -2.32. The quantitative estimate of drug-likeness (QED) is 0.634. The van der Waals surface area contributed by atoms with Crippen LogP contribution in [0.2, 0.25) is 0 Å². The normalized spacial score (nSPS) is 42.3. The van der Waals surface area contributed by atoms with E-state index >= 15 is 0 Å². The molecule has 80 valence electrons. The van der Waals surface area contributed by atoms with E-state index in [2.05, 4.69) is 27.7 Å². The SMILES string of the molecule is CCCN=C1C[C@H]2CC[C@]1(C)C2(C)C. The van der Waals surface area contributed by atoms with Gasteiger partial charge in [0, 0.05) is 17.7 Å². The van der Waals surface area contributed by atoms with E-state index in [1.54, 1.807) is 0 Å². The van der Waals surface area contributed by atoms with Crippen LogP contribution >= 0.6 is 0 Å². The molecule has 0 amide bonds. The minimum Gasteiger partial charge on any atom is -0.294 e. The first kappa shape index (κ1) is 10.2. The van der Waals surface area contributed by atoms with Gasteiger partial charge in [-0.2, -0.15) is 0 Å². The fourth-order valence-corrected chi connectivity index (χ4v) is 3.41. The molecule has 2 rings (SSSR count). The van der Waals surface area contributed by atoms with Gasteiger partial charge in [0.2, 0.25) is 0 Å². The fraction of sp³-hybridized carbons (Fsp3) is 0.923.